The van der Waals surface area contributed by atoms with E-state index >= 15 is 0 Å². The number of aryl methyl sites for hydroxylation is 2. The van der Waals surface area contributed by atoms with Crippen LogP contribution in [0.3, 0.4) is 0 Å². The summed E-state index contributed by atoms with van der Waals surface area (Å²) in [5.74, 6) is 0.913. The molecule has 1 aromatic heterocycles. The maximum absolute atomic E-state index is 8.96. The van der Waals surface area contributed by atoms with Crippen LogP contribution in [0.4, 0.5) is 0 Å². The molecule has 1 heterocycles. The van der Waals surface area contributed by atoms with Crippen molar-refractivity contribution in [2.75, 3.05) is 0 Å². The molecule has 1 aromatic carbocycles. The Labute approximate surface area is 105 Å². The second kappa shape index (κ2) is 5.38. The van der Waals surface area contributed by atoms with E-state index in [1.54, 1.807) is 11.8 Å². The summed E-state index contributed by atoms with van der Waals surface area (Å²) in [6.45, 7) is 2.11. The third-order valence-electron chi connectivity index (χ3n) is 2.59. The normalized spacial score (nSPS) is 10.8. The number of hydrogen-bond donors (Lipinski definition) is 1. The number of hydrogen-bond acceptors (Lipinski definition) is 3. The van der Waals surface area contributed by atoms with Gasteiger partial charge in [-0.1, -0.05) is 12.1 Å². The summed E-state index contributed by atoms with van der Waals surface area (Å²) in [5, 5.41) is 13.3. The lowest BCUT2D eigenvalue weighted by Crippen LogP contribution is -1.96. The van der Waals surface area contributed by atoms with Crippen LogP contribution in [0.25, 0.3) is 0 Å². The molecule has 2 aromatic rings. The van der Waals surface area contributed by atoms with Gasteiger partial charge in [-0.3, -0.25) is 4.68 Å². The second-order valence-corrected chi connectivity index (χ2v) is 5.04. The zero-order valence-corrected chi connectivity index (χ0v) is 10.9. The van der Waals surface area contributed by atoms with Gasteiger partial charge in [0, 0.05) is 23.4 Å². The molecular formula is C13H16N2OS. The van der Waals surface area contributed by atoms with Crippen molar-refractivity contribution in [2.45, 2.75) is 24.2 Å². The average molecular weight is 248 g/mol. The van der Waals surface area contributed by atoms with Crippen LogP contribution >= 0.6 is 11.8 Å². The first-order valence-corrected chi connectivity index (χ1v) is 6.49. The summed E-state index contributed by atoms with van der Waals surface area (Å²) in [5.41, 5.74) is 3.23. The van der Waals surface area contributed by atoms with E-state index in [2.05, 4.69) is 11.2 Å². The SMILES string of the molecule is Cc1cc(CSc2ccc(CO)cc2)n(C)n1. The summed E-state index contributed by atoms with van der Waals surface area (Å²) in [6, 6.07) is 10.1. The van der Waals surface area contributed by atoms with E-state index in [9.17, 15) is 0 Å². The van der Waals surface area contributed by atoms with Crippen LogP contribution in [0.1, 0.15) is 17.0 Å². The Kier molecular flexibility index (Phi) is 3.86. The summed E-state index contributed by atoms with van der Waals surface area (Å²) >= 11 is 1.78. The summed E-state index contributed by atoms with van der Waals surface area (Å²) in [4.78, 5) is 1.21. The molecular weight excluding hydrogens is 232 g/mol. The fraction of sp³-hybridized carbons (Fsp3) is 0.308. The number of benzene rings is 1. The van der Waals surface area contributed by atoms with Gasteiger partial charge in [0.2, 0.25) is 0 Å². The van der Waals surface area contributed by atoms with Crippen molar-refractivity contribution >= 4 is 11.8 Å². The maximum Gasteiger partial charge on any atom is 0.0681 e. The van der Waals surface area contributed by atoms with Gasteiger partial charge >= 0.3 is 0 Å². The number of thioether (sulfide) groups is 1. The first-order valence-electron chi connectivity index (χ1n) is 5.51. The van der Waals surface area contributed by atoms with E-state index in [4.69, 9.17) is 5.11 Å². The molecule has 0 amide bonds. The summed E-state index contributed by atoms with van der Waals surface area (Å²) in [7, 11) is 1.97. The third kappa shape index (κ3) is 3.11. The number of aliphatic hydroxyl groups excluding tert-OH is 1. The maximum atomic E-state index is 8.96. The zero-order valence-electron chi connectivity index (χ0n) is 10.1. The van der Waals surface area contributed by atoms with Crippen molar-refractivity contribution in [3.63, 3.8) is 0 Å². The molecule has 0 bridgehead atoms. The van der Waals surface area contributed by atoms with Gasteiger partial charge in [-0.25, -0.2) is 0 Å². The van der Waals surface area contributed by atoms with Crippen LogP contribution in [0.15, 0.2) is 35.2 Å². The molecule has 0 aliphatic rings. The molecule has 90 valence electrons. The van der Waals surface area contributed by atoms with Crippen molar-refractivity contribution in [3.05, 3.63) is 47.3 Å². The Hall–Kier alpha value is -1.26. The van der Waals surface area contributed by atoms with Crippen LogP contribution in [0, 0.1) is 6.92 Å². The highest BCUT2D eigenvalue weighted by Gasteiger charge is 2.02. The topological polar surface area (TPSA) is 38.0 Å². The largest absolute Gasteiger partial charge is 0.392 e. The van der Waals surface area contributed by atoms with Gasteiger partial charge in [-0.2, -0.15) is 5.10 Å². The quantitative estimate of drug-likeness (QED) is 0.845. The predicted octanol–water partition coefficient (Wildman–Crippen LogP) is 2.51. The van der Waals surface area contributed by atoms with Gasteiger partial charge in [0.15, 0.2) is 0 Å². The van der Waals surface area contributed by atoms with Crippen LogP contribution in [0.2, 0.25) is 0 Å². The van der Waals surface area contributed by atoms with Crippen molar-refractivity contribution < 1.29 is 5.11 Å². The fourth-order valence-corrected chi connectivity index (χ4v) is 2.56. The Bertz CT molecular complexity index is 491. The highest BCUT2D eigenvalue weighted by atomic mass is 32.2. The Morgan fingerprint density at radius 3 is 2.53 bits per heavy atom. The average Bonchev–Trinajstić information content (AvgIpc) is 2.66. The Morgan fingerprint density at radius 2 is 2.00 bits per heavy atom. The lowest BCUT2D eigenvalue weighted by atomic mass is 10.2. The van der Waals surface area contributed by atoms with Gasteiger partial charge in [0.05, 0.1) is 12.3 Å². The van der Waals surface area contributed by atoms with E-state index < -0.39 is 0 Å². The molecule has 0 radical (unpaired) electrons. The van der Waals surface area contributed by atoms with Crippen molar-refractivity contribution in [1.29, 1.82) is 0 Å². The minimum Gasteiger partial charge on any atom is -0.392 e. The minimum absolute atomic E-state index is 0.103. The first kappa shape index (κ1) is 12.2. The van der Waals surface area contributed by atoms with E-state index in [0.29, 0.717) is 0 Å². The number of rotatable bonds is 4. The molecule has 1 N–H and O–H groups in total. The highest BCUT2D eigenvalue weighted by Crippen LogP contribution is 2.23. The minimum atomic E-state index is 0.103. The molecule has 17 heavy (non-hydrogen) atoms. The first-order chi connectivity index (χ1) is 8.19. The zero-order chi connectivity index (χ0) is 12.3. The molecule has 3 nitrogen and oxygen atoms in total. The predicted molar refractivity (Wildman–Crippen MR) is 69.9 cm³/mol. The van der Waals surface area contributed by atoms with Crippen molar-refractivity contribution in [1.82, 2.24) is 9.78 Å². The molecule has 0 aliphatic heterocycles. The molecule has 0 spiro atoms. The molecule has 0 saturated heterocycles. The Morgan fingerprint density at radius 1 is 1.29 bits per heavy atom. The van der Waals surface area contributed by atoms with Gasteiger partial charge in [0.25, 0.3) is 0 Å². The summed E-state index contributed by atoms with van der Waals surface area (Å²) in [6.07, 6.45) is 0. The van der Waals surface area contributed by atoms with E-state index in [1.165, 1.54) is 10.6 Å². The van der Waals surface area contributed by atoms with E-state index in [1.807, 2.05) is 42.9 Å². The van der Waals surface area contributed by atoms with Gasteiger partial charge in [0.1, 0.15) is 0 Å². The van der Waals surface area contributed by atoms with Crippen LogP contribution < -0.4 is 0 Å². The van der Waals surface area contributed by atoms with E-state index in [0.717, 1.165) is 17.0 Å². The second-order valence-electron chi connectivity index (χ2n) is 3.99. The molecule has 0 atom stereocenters. The number of aliphatic hydroxyl groups is 1. The lowest BCUT2D eigenvalue weighted by molar-refractivity contribution is 0.282. The monoisotopic (exact) mass is 248 g/mol. The Balaban J connectivity index is 1.99. The van der Waals surface area contributed by atoms with Crippen LogP contribution in [-0.4, -0.2) is 14.9 Å². The lowest BCUT2D eigenvalue weighted by Gasteiger charge is -2.03. The smallest absolute Gasteiger partial charge is 0.0681 e. The van der Waals surface area contributed by atoms with Crippen LogP contribution in [-0.2, 0) is 19.4 Å². The molecule has 4 heteroatoms. The number of nitrogens with zero attached hydrogens (tertiary/aromatic N) is 2. The molecule has 0 fully saturated rings. The highest BCUT2D eigenvalue weighted by molar-refractivity contribution is 7.98. The third-order valence-corrected chi connectivity index (χ3v) is 3.64. The van der Waals surface area contributed by atoms with Crippen LogP contribution in [0.5, 0.6) is 0 Å². The van der Waals surface area contributed by atoms with E-state index in [-0.39, 0.29) is 6.61 Å². The number of aromatic nitrogens is 2. The summed E-state index contributed by atoms with van der Waals surface area (Å²) < 4.78 is 1.92. The van der Waals surface area contributed by atoms with Gasteiger partial charge in [-0.05, 0) is 30.7 Å². The molecule has 0 unspecified atom stereocenters. The molecule has 0 saturated carbocycles. The standard InChI is InChI=1S/C13H16N2OS/c1-10-7-12(15(2)14-10)9-17-13-5-3-11(8-16)4-6-13/h3-7,16H,8-9H2,1-2H3. The van der Waals surface area contributed by atoms with Crippen molar-refractivity contribution in [3.8, 4) is 0 Å². The molecule has 2 rings (SSSR count). The molecule has 0 aliphatic carbocycles. The fourth-order valence-electron chi connectivity index (χ4n) is 1.65. The van der Waals surface area contributed by atoms with Gasteiger partial charge in [-0.15, -0.1) is 11.8 Å². The van der Waals surface area contributed by atoms with Gasteiger partial charge < -0.3 is 5.11 Å². The van der Waals surface area contributed by atoms with Crippen molar-refractivity contribution in [2.24, 2.45) is 7.05 Å².